The Bertz CT molecular complexity index is 467. The van der Waals surface area contributed by atoms with Crippen molar-refractivity contribution in [1.82, 2.24) is 5.32 Å². The Hall–Kier alpha value is -1.60. The lowest BCUT2D eigenvalue weighted by Crippen LogP contribution is -2.31. The molecular formula is C16H24FN3. The second-order valence-corrected chi connectivity index (χ2v) is 5.20. The first-order valence-corrected chi connectivity index (χ1v) is 7.13. The van der Waals surface area contributed by atoms with Crippen LogP contribution in [-0.4, -0.2) is 19.6 Å². The average Bonchev–Trinajstić information content (AvgIpc) is 2.44. The summed E-state index contributed by atoms with van der Waals surface area (Å²) in [7, 11) is 1.95. The fourth-order valence-electron chi connectivity index (χ4n) is 2.17. The number of halogens is 1. The van der Waals surface area contributed by atoms with Crippen LogP contribution in [-0.2, 0) is 0 Å². The highest BCUT2D eigenvalue weighted by atomic mass is 19.1. The van der Waals surface area contributed by atoms with Crippen molar-refractivity contribution in [3.8, 4) is 6.07 Å². The molecule has 0 aromatic heterocycles. The van der Waals surface area contributed by atoms with E-state index in [-0.39, 0.29) is 17.9 Å². The van der Waals surface area contributed by atoms with Crippen molar-refractivity contribution in [3.63, 3.8) is 0 Å². The smallest absolute Gasteiger partial charge is 0.123 e. The van der Waals surface area contributed by atoms with Gasteiger partial charge in [0, 0.05) is 24.8 Å². The van der Waals surface area contributed by atoms with Crippen LogP contribution in [0.3, 0.4) is 0 Å². The molecule has 0 heterocycles. The van der Waals surface area contributed by atoms with Crippen molar-refractivity contribution in [2.45, 2.75) is 45.7 Å². The lowest BCUT2D eigenvalue weighted by atomic mass is 10.0. The Morgan fingerprint density at radius 1 is 1.40 bits per heavy atom. The molecular weight excluding hydrogens is 253 g/mol. The Kier molecular flexibility index (Phi) is 6.47. The van der Waals surface area contributed by atoms with Gasteiger partial charge in [-0.25, -0.2) is 4.39 Å². The third-order valence-electron chi connectivity index (χ3n) is 3.58. The second-order valence-electron chi connectivity index (χ2n) is 5.20. The average molecular weight is 277 g/mol. The molecule has 4 heteroatoms. The lowest BCUT2D eigenvalue weighted by Gasteiger charge is -2.29. The van der Waals surface area contributed by atoms with Gasteiger partial charge in [-0.2, -0.15) is 5.26 Å². The van der Waals surface area contributed by atoms with E-state index in [4.69, 9.17) is 5.26 Å². The predicted octanol–water partition coefficient (Wildman–Crippen LogP) is 3.62. The fraction of sp³-hybridized carbons (Fsp3) is 0.562. The summed E-state index contributed by atoms with van der Waals surface area (Å²) in [5.74, 6) is -0.227. The zero-order valence-corrected chi connectivity index (χ0v) is 12.8. The van der Waals surface area contributed by atoms with Gasteiger partial charge in [-0.15, -0.1) is 0 Å². The summed E-state index contributed by atoms with van der Waals surface area (Å²) in [6.07, 6.45) is 1.49. The Labute approximate surface area is 121 Å². The molecule has 3 nitrogen and oxygen atoms in total. The summed E-state index contributed by atoms with van der Waals surface area (Å²) in [6.45, 7) is 7.04. The number of benzene rings is 1. The Balaban J connectivity index is 3.03. The third kappa shape index (κ3) is 4.21. The number of nitriles is 1. The van der Waals surface area contributed by atoms with Crippen LogP contribution in [0.2, 0.25) is 0 Å². The molecule has 0 amide bonds. The topological polar surface area (TPSA) is 39.1 Å². The lowest BCUT2D eigenvalue weighted by molar-refractivity contribution is 0.559. The first-order chi connectivity index (χ1) is 9.51. The minimum absolute atomic E-state index is 0.0809. The SMILES string of the molecule is CCCNC(C)c1cc(F)ccc1N(C)C(C)CC#N. The summed E-state index contributed by atoms with van der Waals surface area (Å²) in [5.41, 5.74) is 1.91. The van der Waals surface area contributed by atoms with Gasteiger partial charge < -0.3 is 10.2 Å². The molecule has 0 spiro atoms. The number of nitrogens with one attached hydrogen (secondary N) is 1. The summed E-state index contributed by atoms with van der Waals surface area (Å²) in [5, 5.41) is 12.2. The molecule has 110 valence electrons. The van der Waals surface area contributed by atoms with E-state index in [1.807, 2.05) is 25.8 Å². The van der Waals surface area contributed by atoms with Crippen LogP contribution in [0.15, 0.2) is 18.2 Å². The largest absolute Gasteiger partial charge is 0.371 e. The van der Waals surface area contributed by atoms with Gasteiger partial charge in [-0.3, -0.25) is 0 Å². The molecule has 0 aliphatic rings. The highest BCUT2D eigenvalue weighted by Gasteiger charge is 2.17. The Morgan fingerprint density at radius 3 is 2.70 bits per heavy atom. The fourth-order valence-corrected chi connectivity index (χ4v) is 2.17. The standard InChI is InChI=1S/C16H24FN3/c1-5-10-19-13(3)15-11-14(17)6-7-16(15)20(4)12(2)8-9-18/h6-7,11-13,19H,5,8,10H2,1-4H3. The van der Waals surface area contributed by atoms with Gasteiger partial charge in [-0.1, -0.05) is 6.92 Å². The monoisotopic (exact) mass is 277 g/mol. The van der Waals surface area contributed by atoms with E-state index < -0.39 is 0 Å². The summed E-state index contributed by atoms with van der Waals surface area (Å²) < 4.78 is 13.5. The molecule has 20 heavy (non-hydrogen) atoms. The highest BCUT2D eigenvalue weighted by Crippen LogP contribution is 2.28. The van der Waals surface area contributed by atoms with E-state index in [0.717, 1.165) is 24.2 Å². The summed E-state index contributed by atoms with van der Waals surface area (Å²) >= 11 is 0. The molecule has 0 fully saturated rings. The van der Waals surface area contributed by atoms with Crippen molar-refractivity contribution in [3.05, 3.63) is 29.6 Å². The van der Waals surface area contributed by atoms with Gasteiger partial charge in [-0.05, 0) is 50.6 Å². The summed E-state index contributed by atoms with van der Waals surface area (Å²) in [6, 6.07) is 7.21. The van der Waals surface area contributed by atoms with Gasteiger partial charge in [0.2, 0.25) is 0 Å². The number of rotatable bonds is 7. The molecule has 0 radical (unpaired) electrons. The first kappa shape index (κ1) is 16.5. The molecule has 0 bridgehead atoms. The molecule has 1 N–H and O–H groups in total. The molecule has 2 unspecified atom stereocenters. The molecule has 0 aliphatic heterocycles. The predicted molar refractivity (Wildman–Crippen MR) is 81.2 cm³/mol. The molecule has 1 aromatic carbocycles. The van der Waals surface area contributed by atoms with Gasteiger partial charge >= 0.3 is 0 Å². The van der Waals surface area contributed by atoms with Crippen LogP contribution >= 0.6 is 0 Å². The minimum atomic E-state index is -0.227. The number of nitrogens with zero attached hydrogens (tertiary/aromatic N) is 2. The van der Waals surface area contributed by atoms with E-state index >= 15 is 0 Å². The second kappa shape index (κ2) is 7.86. The van der Waals surface area contributed by atoms with Crippen molar-refractivity contribution in [1.29, 1.82) is 5.26 Å². The van der Waals surface area contributed by atoms with E-state index in [2.05, 4.69) is 18.3 Å². The maximum absolute atomic E-state index is 13.5. The number of anilines is 1. The van der Waals surface area contributed by atoms with Crippen LogP contribution < -0.4 is 10.2 Å². The van der Waals surface area contributed by atoms with Gasteiger partial charge in [0.25, 0.3) is 0 Å². The quantitative estimate of drug-likeness (QED) is 0.827. The van der Waals surface area contributed by atoms with Crippen LogP contribution in [0, 0.1) is 17.1 Å². The van der Waals surface area contributed by atoms with Crippen LogP contribution in [0.1, 0.15) is 45.2 Å². The summed E-state index contributed by atoms with van der Waals surface area (Å²) in [4.78, 5) is 2.04. The maximum Gasteiger partial charge on any atom is 0.123 e. The molecule has 0 saturated carbocycles. The molecule has 0 aliphatic carbocycles. The van der Waals surface area contributed by atoms with E-state index in [1.54, 1.807) is 12.1 Å². The molecule has 1 aromatic rings. The minimum Gasteiger partial charge on any atom is -0.371 e. The zero-order valence-electron chi connectivity index (χ0n) is 12.8. The zero-order chi connectivity index (χ0) is 15.1. The van der Waals surface area contributed by atoms with Gasteiger partial charge in [0.05, 0.1) is 12.5 Å². The third-order valence-corrected chi connectivity index (χ3v) is 3.58. The Morgan fingerprint density at radius 2 is 2.10 bits per heavy atom. The number of hydrogen-bond acceptors (Lipinski definition) is 3. The van der Waals surface area contributed by atoms with Crippen molar-refractivity contribution in [2.24, 2.45) is 0 Å². The first-order valence-electron chi connectivity index (χ1n) is 7.13. The van der Waals surface area contributed by atoms with E-state index in [0.29, 0.717) is 6.42 Å². The molecule has 1 rings (SSSR count). The highest BCUT2D eigenvalue weighted by molar-refractivity contribution is 5.55. The van der Waals surface area contributed by atoms with Crippen LogP contribution in [0.25, 0.3) is 0 Å². The van der Waals surface area contributed by atoms with Crippen molar-refractivity contribution < 1.29 is 4.39 Å². The molecule has 0 saturated heterocycles. The normalized spacial score (nSPS) is 13.6. The molecule has 2 atom stereocenters. The van der Waals surface area contributed by atoms with Crippen LogP contribution in [0.5, 0.6) is 0 Å². The van der Waals surface area contributed by atoms with Crippen LogP contribution in [0.4, 0.5) is 10.1 Å². The van der Waals surface area contributed by atoms with Gasteiger partial charge in [0.1, 0.15) is 5.82 Å². The van der Waals surface area contributed by atoms with Crippen molar-refractivity contribution in [2.75, 3.05) is 18.5 Å². The van der Waals surface area contributed by atoms with Gasteiger partial charge in [0.15, 0.2) is 0 Å². The maximum atomic E-state index is 13.5. The van der Waals surface area contributed by atoms with Crippen molar-refractivity contribution >= 4 is 5.69 Å². The number of hydrogen-bond donors (Lipinski definition) is 1. The van der Waals surface area contributed by atoms with E-state index in [1.165, 1.54) is 6.07 Å². The van der Waals surface area contributed by atoms with E-state index in [9.17, 15) is 4.39 Å².